The van der Waals surface area contributed by atoms with Gasteiger partial charge in [-0.25, -0.2) is 4.79 Å². The van der Waals surface area contributed by atoms with E-state index in [1.807, 2.05) is 13.8 Å². The number of rotatable bonds is 9. The molecule has 1 aromatic carbocycles. The zero-order valence-corrected chi connectivity index (χ0v) is 16.1. The van der Waals surface area contributed by atoms with Crippen LogP contribution in [0.5, 0.6) is 5.75 Å². The van der Waals surface area contributed by atoms with Gasteiger partial charge in [0.2, 0.25) is 0 Å². The van der Waals surface area contributed by atoms with E-state index in [2.05, 4.69) is 10.1 Å². The Labute approximate surface area is 157 Å². The molecule has 0 saturated carbocycles. The minimum Gasteiger partial charge on any atom is -0.496 e. The van der Waals surface area contributed by atoms with Crippen molar-refractivity contribution in [2.45, 2.75) is 32.7 Å². The van der Waals surface area contributed by atoms with Crippen molar-refractivity contribution in [1.82, 2.24) is 5.32 Å². The van der Waals surface area contributed by atoms with Crippen molar-refractivity contribution in [3.05, 3.63) is 28.8 Å². The Kier molecular flexibility index (Phi) is 8.92. The summed E-state index contributed by atoms with van der Waals surface area (Å²) in [4.78, 5) is 35.7. The number of amides is 1. The van der Waals surface area contributed by atoms with E-state index in [1.165, 1.54) is 14.2 Å². The Morgan fingerprint density at radius 1 is 1.23 bits per heavy atom. The average Bonchev–Trinajstić information content (AvgIpc) is 2.63. The normalized spacial score (nSPS) is 12.7. The van der Waals surface area contributed by atoms with Gasteiger partial charge in [0, 0.05) is 10.6 Å². The van der Waals surface area contributed by atoms with E-state index in [0.717, 1.165) is 0 Å². The molecule has 1 aromatic rings. The lowest BCUT2D eigenvalue weighted by atomic mass is 9.99. The lowest BCUT2D eigenvalue weighted by Crippen LogP contribution is -2.47. The first kappa shape index (κ1) is 21.8. The van der Waals surface area contributed by atoms with Crippen molar-refractivity contribution in [2.24, 2.45) is 5.92 Å². The number of methoxy groups -OCH3 is 2. The van der Waals surface area contributed by atoms with Gasteiger partial charge in [0.15, 0.2) is 6.61 Å². The molecule has 0 heterocycles. The second-order valence-corrected chi connectivity index (χ2v) is 6.18. The minimum atomic E-state index is -0.788. The van der Waals surface area contributed by atoms with E-state index in [0.29, 0.717) is 22.8 Å². The van der Waals surface area contributed by atoms with Crippen LogP contribution in [0.1, 0.15) is 25.8 Å². The molecule has 0 aliphatic rings. The number of carbonyl (C=O) groups excluding carboxylic acids is 3. The molecular weight excluding hydrogens is 362 g/mol. The van der Waals surface area contributed by atoms with E-state index >= 15 is 0 Å². The van der Waals surface area contributed by atoms with Crippen LogP contribution in [0.3, 0.4) is 0 Å². The van der Waals surface area contributed by atoms with Crippen LogP contribution in [0, 0.1) is 5.92 Å². The van der Waals surface area contributed by atoms with Gasteiger partial charge in [-0.3, -0.25) is 9.59 Å². The molecule has 144 valence electrons. The zero-order chi connectivity index (χ0) is 19.7. The van der Waals surface area contributed by atoms with E-state index < -0.39 is 30.5 Å². The zero-order valence-electron chi connectivity index (χ0n) is 15.3. The van der Waals surface area contributed by atoms with Crippen molar-refractivity contribution >= 4 is 29.4 Å². The SMILES string of the molecule is CC[C@@H](C)[C@@H](NC(=O)COC(=O)Cc1cc(Cl)ccc1OC)C(=O)OC. The number of benzene rings is 1. The van der Waals surface area contributed by atoms with Gasteiger partial charge in [0.05, 0.1) is 20.6 Å². The van der Waals surface area contributed by atoms with Crippen LogP contribution < -0.4 is 10.1 Å². The summed E-state index contributed by atoms with van der Waals surface area (Å²) in [5.74, 6) is -1.34. The maximum atomic E-state index is 12.0. The number of nitrogens with one attached hydrogen (secondary N) is 1. The Hall–Kier alpha value is -2.28. The molecule has 8 heteroatoms. The number of hydrogen-bond donors (Lipinski definition) is 1. The van der Waals surface area contributed by atoms with Crippen molar-refractivity contribution in [3.8, 4) is 5.75 Å². The number of ether oxygens (including phenoxy) is 3. The number of halogens is 1. The fraction of sp³-hybridized carbons (Fsp3) is 0.500. The predicted octanol–water partition coefficient (Wildman–Crippen LogP) is 2.14. The van der Waals surface area contributed by atoms with Crippen LogP contribution >= 0.6 is 11.6 Å². The molecule has 0 bridgehead atoms. The van der Waals surface area contributed by atoms with Gasteiger partial charge < -0.3 is 19.5 Å². The van der Waals surface area contributed by atoms with Gasteiger partial charge in [-0.15, -0.1) is 0 Å². The van der Waals surface area contributed by atoms with Gasteiger partial charge in [-0.2, -0.15) is 0 Å². The van der Waals surface area contributed by atoms with Gasteiger partial charge in [-0.1, -0.05) is 31.9 Å². The number of esters is 2. The van der Waals surface area contributed by atoms with Crippen molar-refractivity contribution in [1.29, 1.82) is 0 Å². The molecule has 0 aliphatic heterocycles. The fourth-order valence-corrected chi connectivity index (χ4v) is 2.44. The smallest absolute Gasteiger partial charge is 0.328 e. The summed E-state index contributed by atoms with van der Waals surface area (Å²) in [5.41, 5.74) is 0.553. The first-order chi connectivity index (χ1) is 12.3. The Morgan fingerprint density at radius 2 is 1.92 bits per heavy atom. The van der Waals surface area contributed by atoms with Crippen LogP contribution in [-0.2, 0) is 30.3 Å². The largest absolute Gasteiger partial charge is 0.496 e. The fourth-order valence-electron chi connectivity index (χ4n) is 2.25. The number of hydrogen-bond acceptors (Lipinski definition) is 6. The third-order valence-electron chi connectivity index (χ3n) is 3.93. The topological polar surface area (TPSA) is 90.9 Å². The van der Waals surface area contributed by atoms with Crippen LogP contribution in [0.4, 0.5) is 0 Å². The summed E-state index contributed by atoms with van der Waals surface area (Å²) in [7, 11) is 2.73. The third-order valence-corrected chi connectivity index (χ3v) is 4.16. The molecule has 0 unspecified atom stereocenters. The monoisotopic (exact) mass is 385 g/mol. The van der Waals surface area contributed by atoms with Gasteiger partial charge >= 0.3 is 11.9 Å². The van der Waals surface area contributed by atoms with Gasteiger partial charge in [0.1, 0.15) is 11.8 Å². The van der Waals surface area contributed by atoms with E-state index in [1.54, 1.807) is 18.2 Å². The molecule has 0 saturated heterocycles. The molecule has 0 fully saturated rings. The molecule has 0 aromatic heterocycles. The molecular formula is C18H24ClNO6. The van der Waals surface area contributed by atoms with Crippen molar-refractivity contribution in [2.75, 3.05) is 20.8 Å². The Bertz CT molecular complexity index is 649. The molecule has 0 radical (unpaired) electrons. The first-order valence-corrected chi connectivity index (χ1v) is 8.55. The van der Waals surface area contributed by atoms with Gasteiger partial charge in [-0.05, 0) is 24.1 Å². The number of carbonyl (C=O) groups is 3. The van der Waals surface area contributed by atoms with Crippen molar-refractivity contribution in [3.63, 3.8) is 0 Å². The highest BCUT2D eigenvalue weighted by atomic mass is 35.5. The van der Waals surface area contributed by atoms with E-state index in [9.17, 15) is 14.4 Å². The van der Waals surface area contributed by atoms with Crippen LogP contribution in [0.25, 0.3) is 0 Å². The van der Waals surface area contributed by atoms with Crippen LogP contribution in [0.15, 0.2) is 18.2 Å². The Balaban J connectivity index is 2.60. The molecule has 0 aliphatic carbocycles. The second-order valence-electron chi connectivity index (χ2n) is 5.75. The minimum absolute atomic E-state index is 0.0944. The standard InChI is InChI=1S/C18H24ClNO6/c1-5-11(2)17(18(23)25-4)20-15(21)10-26-16(22)9-12-8-13(19)6-7-14(12)24-3/h6-8,11,17H,5,9-10H2,1-4H3,(H,20,21)/t11-,17-/m1/s1. The molecule has 26 heavy (non-hydrogen) atoms. The maximum Gasteiger partial charge on any atom is 0.328 e. The maximum absolute atomic E-state index is 12.0. The molecule has 1 N–H and O–H groups in total. The Morgan fingerprint density at radius 3 is 2.50 bits per heavy atom. The highest BCUT2D eigenvalue weighted by Gasteiger charge is 2.27. The lowest BCUT2D eigenvalue weighted by Gasteiger charge is -2.21. The summed E-state index contributed by atoms with van der Waals surface area (Å²) in [6.45, 7) is 3.22. The summed E-state index contributed by atoms with van der Waals surface area (Å²) in [6, 6.07) is 4.09. The van der Waals surface area contributed by atoms with Gasteiger partial charge in [0.25, 0.3) is 5.91 Å². The van der Waals surface area contributed by atoms with E-state index in [4.69, 9.17) is 21.1 Å². The summed E-state index contributed by atoms with van der Waals surface area (Å²) in [5, 5.41) is 2.99. The first-order valence-electron chi connectivity index (χ1n) is 8.17. The lowest BCUT2D eigenvalue weighted by molar-refractivity contribution is -0.150. The highest BCUT2D eigenvalue weighted by molar-refractivity contribution is 6.30. The second kappa shape index (κ2) is 10.7. The highest BCUT2D eigenvalue weighted by Crippen LogP contribution is 2.23. The van der Waals surface area contributed by atoms with Crippen LogP contribution in [-0.4, -0.2) is 44.7 Å². The summed E-state index contributed by atoms with van der Waals surface area (Å²) < 4.78 is 14.8. The quantitative estimate of drug-likeness (QED) is 0.655. The van der Waals surface area contributed by atoms with Crippen molar-refractivity contribution < 1.29 is 28.6 Å². The summed E-state index contributed by atoms with van der Waals surface area (Å²) in [6.07, 6.45) is 0.581. The van der Waals surface area contributed by atoms with Crippen LogP contribution in [0.2, 0.25) is 5.02 Å². The molecule has 7 nitrogen and oxygen atoms in total. The molecule has 1 amide bonds. The average molecular weight is 386 g/mol. The predicted molar refractivity (Wildman–Crippen MR) is 96.1 cm³/mol. The summed E-state index contributed by atoms with van der Waals surface area (Å²) >= 11 is 5.91. The molecule has 0 spiro atoms. The molecule has 1 rings (SSSR count). The van der Waals surface area contributed by atoms with E-state index in [-0.39, 0.29) is 12.3 Å². The third kappa shape index (κ3) is 6.55. The molecule has 2 atom stereocenters.